The quantitative estimate of drug-likeness (QED) is 0.485. The highest BCUT2D eigenvalue weighted by atomic mass is 16.5. The Labute approximate surface area is 187 Å². The molecule has 32 heavy (non-hydrogen) atoms. The molecule has 0 bridgehead atoms. The minimum absolute atomic E-state index is 0.573. The van der Waals surface area contributed by atoms with Crippen molar-refractivity contribution in [1.82, 2.24) is 29.7 Å². The maximum Gasteiger partial charge on any atom is 0.213 e. The van der Waals surface area contributed by atoms with Crippen LogP contribution >= 0.6 is 0 Å². The molecule has 0 aliphatic carbocycles. The van der Waals surface area contributed by atoms with E-state index < -0.39 is 0 Å². The van der Waals surface area contributed by atoms with Gasteiger partial charge in [-0.05, 0) is 30.3 Å². The molecular formula is C24H27N7O. The topological polar surface area (TPSA) is 82.2 Å². The number of fused-ring (bicyclic) bond motifs is 1. The zero-order valence-corrected chi connectivity index (χ0v) is 18.4. The van der Waals surface area contributed by atoms with E-state index in [-0.39, 0.29) is 0 Å². The number of methoxy groups -OCH3 is 1. The van der Waals surface area contributed by atoms with E-state index in [0.717, 1.165) is 66.5 Å². The Morgan fingerprint density at radius 3 is 2.53 bits per heavy atom. The first kappa shape index (κ1) is 20.4. The zero-order chi connectivity index (χ0) is 21.9. The van der Waals surface area contributed by atoms with E-state index in [1.165, 1.54) is 5.56 Å². The Morgan fingerprint density at radius 2 is 1.81 bits per heavy atom. The van der Waals surface area contributed by atoms with E-state index in [2.05, 4.69) is 72.4 Å². The molecular weight excluding hydrogens is 402 g/mol. The van der Waals surface area contributed by atoms with Gasteiger partial charge in [-0.15, -0.1) is 0 Å². The summed E-state index contributed by atoms with van der Waals surface area (Å²) in [5, 5.41) is 4.25. The van der Waals surface area contributed by atoms with Crippen molar-refractivity contribution in [2.75, 3.05) is 45.7 Å². The van der Waals surface area contributed by atoms with Crippen LogP contribution in [-0.2, 0) is 6.54 Å². The van der Waals surface area contributed by atoms with Crippen LogP contribution in [-0.4, -0.2) is 70.1 Å². The number of benzene rings is 1. The standard InChI is InChI=1S/C24H27N7O/c1-30-9-11-31(12-10-30)15-17-3-5-18(6-4-17)21-13-20-23(26-16-27-24(20)29-21)28-19-7-8-22(32-2)25-14-19/h3-8,13-14,16H,9-12,15H2,1-2H3,(H2,26,27,28,29). The molecule has 1 aliphatic rings. The van der Waals surface area contributed by atoms with Crippen LogP contribution in [0.1, 0.15) is 5.56 Å². The molecule has 1 fully saturated rings. The lowest BCUT2D eigenvalue weighted by Crippen LogP contribution is -2.43. The first-order valence-electron chi connectivity index (χ1n) is 10.8. The summed E-state index contributed by atoms with van der Waals surface area (Å²) in [6.45, 7) is 5.52. The van der Waals surface area contributed by atoms with Gasteiger partial charge in [0, 0.05) is 44.5 Å². The van der Waals surface area contributed by atoms with Crippen LogP contribution in [0.4, 0.5) is 11.5 Å². The normalized spacial score (nSPS) is 15.2. The van der Waals surface area contributed by atoms with Gasteiger partial charge in [0.1, 0.15) is 17.8 Å². The third-order valence-corrected chi connectivity index (χ3v) is 5.90. The van der Waals surface area contributed by atoms with Gasteiger partial charge in [-0.2, -0.15) is 0 Å². The number of nitrogens with one attached hydrogen (secondary N) is 2. The van der Waals surface area contributed by atoms with E-state index in [1.807, 2.05) is 12.1 Å². The van der Waals surface area contributed by atoms with E-state index in [1.54, 1.807) is 19.6 Å². The van der Waals surface area contributed by atoms with Crippen molar-refractivity contribution in [2.45, 2.75) is 6.54 Å². The van der Waals surface area contributed by atoms with Gasteiger partial charge in [-0.1, -0.05) is 24.3 Å². The molecule has 0 atom stereocenters. The number of likely N-dealkylation sites (N-methyl/N-ethyl adjacent to an activating group) is 1. The van der Waals surface area contributed by atoms with Crippen molar-refractivity contribution in [3.8, 4) is 17.1 Å². The summed E-state index contributed by atoms with van der Waals surface area (Å²) in [6, 6.07) is 14.6. The van der Waals surface area contributed by atoms with Crippen LogP contribution in [0.5, 0.6) is 5.88 Å². The van der Waals surface area contributed by atoms with Crippen LogP contribution in [0.3, 0.4) is 0 Å². The number of aromatic amines is 1. The van der Waals surface area contributed by atoms with Crippen LogP contribution in [0.2, 0.25) is 0 Å². The minimum Gasteiger partial charge on any atom is -0.481 e. The van der Waals surface area contributed by atoms with Crippen molar-refractivity contribution < 1.29 is 4.74 Å². The molecule has 4 heterocycles. The van der Waals surface area contributed by atoms with E-state index in [9.17, 15) is 0 Å². The average molecular weight is 430 g/mol. The van der Waals surface area contributed by atoms with E-state index in [0.29, 0.717) is 5.88 Å². The molecule has 4 aromatic rings. The van der Waals surface area contributed by atoms with Gasteiger partial charge < -0.3 is 19.9 Å². The van der Waals surface area contributed by atoms with E-state index in [4.69, 9.17) is 4.74 Å². The number of hydrogen-bond acceptors (Lipinski definition) is 7. The smallest absolute Gasteiger partial charge is 0.213 e. The lowest BCUT2D eigenvalue weighted by Gasteiger charge is -2.32. The molecule has 0 saturated carbocycles. The maximum atomic E-state index is 5.12. The first-order chi connectivity index (χ1) is 15.7. The van der Waals surface area contributed by atoms with Crippen molar-refractivity contribution in [1.29, 1.82) is 0 Å². The average Bonchev–Trinajstić information content (AvgIpc) is 3.27. The molecule has 1 saturated heterocycles. The number of pyridine rings is 1. The van der Waals surface area contributed by atoms with Crippen LogP contribution in [0.25, 0.3) is 22.3 Å². The Bertz CT molecular complexity index is 1180. The summed E-state index contributed by atoms with van der Waals surface area (Å²) in [7, 11) is 3.79. The summed E-state index contributed by atoms with van der Waals surface area (Å²) in [4.78, 5) is 21.4. The minimum atomic E-state index is 0.573. The highest BCUT2D eigenvalue weighted by molar-refractivity contribution is 5.92. The number of rotatable bonds is 6. The number of piperazine rings is 1. The summed E-state index contributed by atoms with van der Waals surface area (Å²) in [5.74, 6) is 1.31. The molecule has 3 aromatic heterocycles. The van der Waals surface area contributed by atoms with Crippen LogP contribution in [0.15, 0.2) is 55.0 Å². The molecule has 0 amide bonds. The zero-order valence-electron chi connectivity index (χ0n) is 18.4. The van der Waals surface area contributed by atoms with Crippen molar-refractivity contribution >= 4 is 22.5 Å². The monoisotopic (exact) mass is 429 g/mol. The number of ether oxygens (including phenoxy) is 1. The summed E-state index contributed by atoms with van der Waals surface area (Å²) >= 11 is 0. The molecule has 2 N–H and O–H groups in total. The predicted molar refractivity (Wildman–Crippen MR) is 126 cm³/mol. The van der Waals surface area contributed by atoms with Gasteiger partial charge in [0.25, 0.3) is 0 Å². The number of H-pyrrole nitrogens is 1. The van der Waals surface area contributed by atoms with Gasteiger partial charge in [0.2, 0.25) is 5.88 Å². The fourth-order valence-corrected chi connectivity index (χ4v) is 3.96. The summed E-state index contributed by atoms with van der Waals surface area (Å²) < 4.78 is 5.12. The second-order valence-corrected chi connectivity index (χ2v) is 8.16. The Balaban J connectivity index is 1.33. The third kappa shape index (κ3) is 4.42. The van der Waals surface area contributed by atoms with E-state index >= 15 is 0 Å². The molecule has 1 aromatic carbocycles. The van der Waals surface area contributed by atoms with Crippen LogP contribution < -0.4 is 10.1 Å². The number of hydrogen-bond donors (Lipinski definition) is 2. The Hall–Kier alpha value is -3.49. The molecule has 0 spiro atoms. The molecule has 164 valence electrons. The predicted octanol–water partition coefficient (Wildman–Crippen LogP) is 3.52. The summed E-state index contributed by atoms with van der Waals surface area (Å²) in [6.07, 6.45) is 3.28. The Morgan fingerprint density at radius 1 is 1.00 bits per heavy atom. The first-order valence-corrected chi connectivity index (χ1v) is 10.8. The lowest BCUT2D eigenvalue weighted by molar-refractivity contribution is 0.148. The highest BCUT2D eigenvalue weighted by Crippen LogP contribution is 2.29. The van der Waals surface area contributed by atoms with Crippen molar-refractivity contribution in [2.24, 2.45) is 0 Å². The second kappa shape index (κ2) is 8.94. The third-order valence-electron chi connectivity index (χ3n) is 5.90. The highest BCUT2D eigenvalue weighted by Gasteiger charge is 2.14. The molecule has 5 rings (SSSR count). The molecule has 8 nitrogen and oxygen atoms in total. The van der Waals surface area contributed by atoms with Crippen molar-refractivity contribution in [3.05, 3.63) is 60.6 Å². The molecule has 1 aliphatic heterocycles. The fourth-order valence-electron chi connectivity index (χ4n) is 3.96. The van der Waals surface area contributed by atoms with Gasteiger partial charge in [-0.3, -0.25) is 4.90 Å². The number of aromatic nitrogens is 4. The SMILES string of the molecule is COc1ccc(Nc2ncnc3[nH]c(-c4ccc(CN5CCN(C)CC5)cc4)cc23)cn1. The fraction of sp³-hybridized carbons (Fsp3) is 0.292. The second-order valence-electron chi connectivity index (χ2n) is 8.16. The largest absolute Gasteiger partial charge is 0.481 e. The van der Waals surface area contributed by atoms with Gasteiger partial charge in [-0.25, -0.2) is 15.0 Å². The molecule has 0 radical (unpaired) electrons. The molecule has 8 heteroatoms. The maximum absolute atomic E-state index is 5.12. The van der Waals surface area contributed by atoms with Crippen molar-refractivity contribution in [3.63, 3.8) is 0 Å². The van der Waals surface area contributed by atoms with Gasteiger partial charge >= 0.3 is 0 Å². The van der Waals surface area contributed by atoms with Crippen LogP contribution in [0, 0.1) is 0 Å². The Kier molecular flexibility index (Phi) is 5.70. The van der Waals surface area contributed by atoms with Gasteiger partial charge in [0.15, 0.2) is 0 Å². The number of nitrogens with zero attached hydrogens (tertiary/aromatic N) is 5. The molecule has 0 unspecified atom stereocenters. The number of anilines is 2. The summed E-state index contributed by atoms with van der Waals surface area (Å²) in [5.41, 5.74) is 5.11. The van der Waals surface area contributed by atoms with Gasteiger partial charge in [0.05, 0.1) is 24.4 Å². The lowest BCUT2D eigenvalue weighted by atomic mass is 10.1.